The Morgan fingerprint density at radius 3 is 2.69 bits per heavy atom. The van der Waals surface area contributed by atoms with Gasteiger partial charge in [0.25, 0.3) is 5.91 Å². The van der Waals surface area contributed by atoms with Crippen molar-refractivity contribution < 1.29 is 13.2 Å². The number of carbonyl (C=O) groups is 1. The van der Waals surface area contributed by atoms with Gasteiger partial charge in [0.05, 0.1) is 11.4 Å². The zero-order valence-electron chi connectivity index (χ0n) is 14.8. The predicted octanol–water partition coefficient (Wildman–Crippen LogP) is 3.21. The largest absolute Gasteiger partial charge is 0.305 e. The smallest absolute Gasteiger partial charge is 0.258 e. The Labute approximate surface area is 154 Å². The summed E-state index contributed by atoms with van der Waals surface area (Å²) in [5.41, 5.74) is 3.21. The lowest BCUT2D eigenvalue weighted by atomic mass is 10.1. The van der Waals surface area contributed by atoms with E-state index in [0.717, 1.165) is 18.5 Å². The lowest BCUT2D eigenvalue weighted by Gasteiger charge is -2.29. The molecule has 0 aliphatic carbocycles. The standard InChI is InChI=1S/C20H22N2O3S/c1-15-13-16-7-2-3-10-19(16)22(15)20(23)17-8-6-9-18(14-17)21-11-4-5-12-26(21,24)25/h2-3,6-10,14-15H,4-5,11-13H2,1H3/t15-/m1/s1. The number of amides is 1. The first-order valence-corrected chi connectivity index (χ1v) is 10.6. The molecule has 2 aromatic carbocycles. The van der Waals surface area contributed by atoms with Crippen LogP contribution < -0.4 is 9.21 Å². The second kappa shape index (κ2) is 6.43. The fourth-order valence-corrected chi connectivity index (χ4v) is 5.52. The Bertz CT molecular complexity index is 955. The molecule has 5 nitrogen and oxygen atoms in total. The molecule has 2 aromatic rings. The first kappa shape index (κ1) is 17.1. The van der Waals surface area contributed by atoms with Gasteiger partial charge in [-0.15, -0.1) is 0 Å². The van der Waals surface area contributed by atoms with Gasteiger partial charge in [0.1, 0.15) is 0 Å². The minimum absolute atomic E-state index is 0.0845. The molecule has 0 aromatic heterocycles. The molecule has 0 N–H and O–H groups in total. The van der Waals surface area contributed by atoms with Crippen molar-refractivity contribution in [3.8, 4) is 0 Å². The zero-order valence-corrected chi connectivity index (χ0v) is 15.6. The molecule has 6 heteroatoms. The highest BCUT2D eigenvalue weighted by atomic mass is 32.2. The van der Waals surface area contributed by atoms with E-state index >= 15 is 0 Å². The average Bonchev–Trinajstić information content (AvgIpc) is 2.96. The van der Waals surface area contributed by atoms with Crippen molar-refractivity contribution in [1.29, 1.82) is 0 Å². The van der Waals surface area contributed by atoms with Gasteiger partial charge in [0.2, 0.25) is 10.0 Å². The van der Waals surface area contributed by atoms with E-state index < -0.39 is 10.0 Å². The molecule has 0 radical (unpaired) electrons. The number of hydrogen-bond acceptors (Lipinski definition) is 3. The first-order chi connectivity index (χ1) is 12.5. The summed E-state index contributed by atoms with van der Waals surface area (Å²) in [6.07, 6.45) is 2.37. The third kappa shape index (κ3) is 2.88. The Balaban J connectivity index is 1.68. The van der Waals surface area contributed by atoms with Crippen LogP contribution in [0.5, 0.6) is 0 Å². The van der Waals surface area contributed by atoms with Crippen molar-refractivity contribution in [2.45, 2.75) is 32.2 Å². The zero-order chi connectivity index (χ0) is 18.3. The average molecular weight is 370 g/mol. The van der Waals surface area contributed by atoms with Gasteiger partial charge < -0.3 is 4.90 Å². The molecular formula is C20H22N2O3S. The van der Waals surface area contributed by atoms with E-state index in [1.807, 2.05) is 30.0 Å². The van der Waals surface area contributed by atoms with E-state index in [2.05, 4.69) is 6.07 Å². The van der Waals surface area contributed by atoms with Crippen molar-refractivity contribution in [2.24, 2.45) is 0 Å². The maximum Gasteiger partial charge on any atom is 0.258 e. The van der Waals surface area contributed by atoms with Gasteiger partial charge in [-0.1, -0.05) is 24.3 Å². The molecular weight excluding hydrogens is 348 g/mol. The van der Waals surface area contributed by atoms with Crippen molar-refractivity contribution in [2.75, 3.05) is 21.5 Å². The van der Waals surface area contributed by atoms with Crippen LogP contribution in [0.1, 0.15) is 35.7 Å². The maximum atomic E-state index is 13.2. The molecule has 0 unspecified atom stereocenters. The molecule has 1 fully saturated rings. The normalized spacial score (nSPS) is 21.5. The van der Waals surface area contributed by atoms with Crippen LogP contribution in [0, 0.1) is 0 Å². The second-order valence-corrected chi connectivity index (χ2v) is 9.02. The molecule has 1 atom stereocenters. The first-order valence-electron chi connectivity index (χ1n) is 8.99. The summed E-state index contributed by atoms with van der Waals surface area (Å²) in [5.74, 6) is 0.0838. The van der Waals surface area contributed by atoms with Crippen LogP contribution in [-0.2, 0) is 16.4 Å². The number of benzene rings is 2. The van der Waals surface area contributed by atoms with Crippen LogP contribution in [0.4, 0.5) is 11.4 Å². The molecule has 1 amide bonds. The van der Waals surface area contributed by atoms with Crippen LogP contribution in [0.2, 0.25) is 0 Å². The minimum Gasteiger partial charge on any atom is -0.305 e. The van der Waals surface area contributed by atoms with Crippen LogP contribution in [0.25, 0.3) is 0 Å². The number of fused-ring (bicyclic) bond motifs is 1. The Hall–Kier alpha value is -2.34. The Kier molecular flexibility index (Phi) is 4.23. The van der Waals surface area contributed by atoms with Gasteiger partial charge in [0.15, 0.2) is 0 Å². The quantitative estimate of drug-likeness (QED) is 0.816. The van der Waals surface area contributed by atoms with Crippen LogP contribution in [0.3, 0.4) is 0 Å². The lowest BCUT2D eigenvalue weighted by molar-refractivity contribution is 0.0981. The SMILES string of the molecule is C[C@@H]1Cc2ccccc2N1C(=O)c1cccc(N2CCCCS2(=O)=O)c1. The van der Waals surface area contributed by atoms with Gasteiger partial charge in [-0.25, -0.2) is 8.42 Å². The molecule has 1 saturated heterocycles. The highest BCUT2D eigenvalue weighted by Gasteiger charge is 2.32. The summed E-state index contributed by atoms with van der Waals surface area (Å²) in [4.78, 5) is 15.0. The van der Waals surface area contributed by atoms with E-state index in [1.165, 1.54) is 9.87 Å². The van der Waals surface area contributed by atoms with E-state index in [0.29, 0.717) is 24.2 Å². The topological polar surface area (TPSA) is 57.7 Å². The lowest BCUT2D eigenvalue weighted by Crippen LogP contribution is -2.38. The van der Waals surface area contributed by atoms with Gasteiger partial charge in [-0.05, 0) is 56.0 Å². The minimum atomic E-state index is -3.29. The fourth-order valence-electron chi connectivity index (χ4n) is 3.89. The van der Waals surface area contributed by atoms with Crippen molar-refractivity contribution >= 4 is 27.3 Å². The summed E-state index contributed by atoms with van der Waals surface area (Å²) >= 11 is 0. The number of carbonyl (C=O) groups excluding carboxylic acids is 1. The summed E-state index contributed by atoms with van der Waals surface area (Å²) in [6, 6.07) is 15.0. The van der Waals surface area contributed by atoms with Crippen molar-refractivity contribution in [3.05, 3.63) is 59.7 Å². The van der Waals surface area contributed by atoms with E-state index in [9.17, 15) is 13.2 Å². The van der Waals surface area contributed by atoms with E-state index in [1.54, 1.807) is 24.3 Å². The van der Waals surface area contributed by atoms with E-state index in [4.69, 9.17) is 0 Å². The summed E-state index contributed by atoms with van der Waals surface area (Å²) in [7, 11) is -3.29. The Morgan fingerprint density at radius 1 is 1.08 bits per heavy atom. The highest BCUT2D eigenvalue weighted by Crippen LogP contribution is 2.33. The molecule has 26 heavy (non-hydrogen) atoms. The monoisotopic (exact) mass is 370 g/mol. The van der Waals surface area contributed by atoms with Crippen molar-refractivity contribution in [1.82, 2.24) is 0 Å². The van der Waals surface area contributed by atoms with Gasteiger partial charge >= 0.3 is 0 Å². The molecule has 2 aliphatic rings. The number of nitrogens with zero attached hydrogens (tertiary/aromatic N) is 2. The molecule has 0 saturated carbocycles. The number of anilines is 2. The summed E-state index contributed by atoms with van der Waals surface area (Å²) < 4.78 is 26.2. The highest BCUT2D eigenvalue weighted by molar-refractivity contribution is 7.92. The fraction of sp³-hybridized carbons (Fsp3) is 0.350. The van der Waals surface area contributed by atoms with Crippen LogP contribution in [-0.4, -0.2) is 32.7 Å². The van der Waals surface area contributed by atoms with E-state index in [-0.39, 0.29) is 17.7 Å². The molecule has 0 bridgehead atoms. The molecule has 2 heterocycles. The van der Waals surface area contributed by atoms with Crippen LogP contribution in [0.15, 0.2) is 48.5 Å². The van der Waals surface area contributed by atoms with Crippen LogP contribution >= 0.6 is 0 Å². The van der Waals surface area contributed by atoms with Gasteiger partial charge in [-0.2, -0.15) is 0 Å². The molecule has 136 valence electrons. The van der Waals surface area contributed by atoms with Crippen molar-refractivity contribution in [3.63, 3.8) is 0 Å². The number of para-hydroxylation sites is 1. The number of sulfonamides is 1. The second-order valence-electron chi connectivity index (χ2n) is 7.00. The predicted molar refractivity (Wildman–Crippen MR) is 103 cm³/mol. The molecule has 0 spiro atoms. The third-order valence-electron chi connectivity index (χ3n) is 5.16. The molecule has 2 aliphatic heterocycles. The number of rotatable bonds is 2. The Morgan fingerprint density at radius 2 is 1.88 bits per heavy atom. The number of hydrogen-bond donors (Lipinski definition) is 0. The molecule has 4 rings (SSSR count). The maximum absolute atomic E-state index is 13.2. The third-order valence-corrected chi connectivity index (χ3v) is 7.03. The van der Waals surface area contributed by atoms with Gasteiger partial charge in [-0.3, -0.25) is 9.10 Å². The van der Waals surface area contributed by atoms with Gasteiger partial charge in [0, 0.05) is 23.8 Å². The summed E-state index contributed by atoms with van der Waals surface area (Å²) in [6.45, 7) is 2.51. The summed E-state index contributed by atoms with van der Waals surface area (Å²) in [5, 5.41) is 0.